The summed E-state index contributed by atoms with van der Waals surface area (Å²) >= 11 is 0. The topological polar surface area (TPSA) is 33.1 Å². The standard InChI is InChI=1S/C15H30N4/c1-8-12-10-13(19(7)17-12)11-14(16-9-2)15(3,4)18(5)6/h10,14,16H,8-9,11H2,1-7H3. The Labute approximate surface area is 118 Å². The van der Waals surface area contributed by atoms with E-state index < -0.39 is 0 Å². The first-order chi connectivity index (χ1) is 8.82. The quantitative estimate of drug-likeness (QED) is 0.817. The molecule has 0 fully saturated rings. The van der Waals surface area contributed by atoms with Crippen LogP contribution in [0, 0.1) is 0 Å². The second-order valence-electron chi connectivity index (χ2n) is 5.97. The van der Waals surface area contributed by atoms with Crippen molar-refractivity contribution < 1.29 is 0 Å². The van der Waals surface area contributed by atoms with Gasteiger partial charge in [-0.2, -0.15) is 5.10 Å². The predicted molar refractivity (Wildman–Crippen MR) is 81.5 cm³/mol. The molecule has 1 aromatic rings. The van der Waals surface area contributed by atoms with Crippen molar-refractivity contribution in [3.8, 4) is 0 Å². The largest absolute Gasteiger partial charge is 0.312 e. The Morgan fingerprint density at radius 3 is 2.42 bits per heavy atom. The molecule has 0 spiro atoms. The third-order valence-electron chi connectivity index (χ3n) is 4.26. The molecule has 0 aromatic carbocycles. The van der Waals surface area contributed by atoms with Crippen LogP contribution in [0.2, 0.25) is 0 Å². The molecule has 0 saturated carbocycles. The third kappa shape index (κ3) is 3.80. The van der Waals surface area contributed by atoms with E-state index in [0.717, 1.165) is 19.4 Å². The van der Waals surface area contributed by atoms with Crippen molar-refractivity contribution >= 4 is 0 Å². The van der Waals surface area contributed by atoms with Crippen molar-refractivity contribution in [1.82, 2.24) is 20.0 Å². The van der Waals surface area contributed by atoms with Crippen LogP contribution < -0.4 is 5.32 Å². The molecule has 19 heavy (non-hydrogen) atoms. The zero-order valence-corrected chi connectivity index (χ0v) is 13.6. The summed E-state index contributed by atoms with van der Waals surface area (Å²) in [6, 6.07) is 2.64. The fraction of sp³-hybridized carbons (Fsp3) is 0.800. The Bertz CT molecular complexity index is 393. The molecule has 0 bridgehead atoms. The van der Waals surface area contributed by atoms with E-state index in [2.05, 4.69) is 63.2 Å². The maximum Gasteiger partial charge on any atom is 0.0624 e. The van der Waals surface area contributed by atoms with Crippen LogP contribution in [0.5, 0.6) is 0 Å². The van der Waals surface area contributed by atoms with Crippen molar-refractivity contribution in [2.45, 2.75) is 52.1 Å². The number of aryl methyl sites for hydroxylation is 2. The summed E-state index contributed by atoms with van der Waals surface area (Å²) in [4.78, 5) is 2.29. The molecule has 1 rings (SSSR count). The normalized spacial score (nSPS) is 14.1. The van der Waals surface area contributed by atoms with Gasteiger partial charge in [-0.15, -0.1) is 0 Å². The van der Waals surface area contributed by atoms with E-state index in [-0.39, 0.29) is 5.54 Å². The molecule has 1 unspecified atom stereocenters. The second kappa shape index (κ2) is 6.53. The highest BCUT2D eigenvalue weighted by Crippen LogP contribution is 2.20. The van der Waals surface area contributed by atoms with Crippen molar-refractivity contribution in [3.05, 3.63) is 17.5 Å². The number of hydrogen-bond acceptors (Lipinski definition) is 3. The van der Waals surface area contributed by atoms with E-state index in [4.69, 9.17) is 0 Å². The summed E-state index contributed by atoms with van der Waals surface area (Å²) in [7, 11) is 6.33. The number of aromatic nitrogens is 2. The number of rotatable bonds is 7. The zero-order valence-electron chi connectivity index (χ0n) is 13.6. The summed E-state index contributed by atoms with van der Waals surface area (Å²) in [5, 5.41) is 8.17. The van der Waals surface area contributed by atoms with Gasteiger partial charge in [0.2, 0.25) is 0 Å². The summed E-state index contributed by atoms with van der Waals surface area (Å²) in [5.74, 6) is 0. The van der Waals surface area contributed by atoms with Crippen LogP contribution in [-0.4, -0.2) is 46.9 Å². The van der Waals surface area contributed by atoms with E-state index in [9.17, 15) is 0 Å². The molecule has 1 aromatic heterocycles. The SMILES string of the molecule is CCNC(Cc1cc(CC)nn1C)C(C)(C)N(C)C. The highest BCUT2D eigenvalue weighted by molar-refractivity contribution is 5.13. The molecule has 0 aliphatic rings. The maximum atomic E-state index is 4.54. The van der Waals surface area contributed by atoms with Crippen LogP contribution in [-0.2, 0) is 19.9 Å². The summed E-state index contributed by atoms with van der Waals surface area (Å²) in [5.41, 5.74) is 2.58. The van der Waals surface area contributed by atoms with Gasteiger partial charge < -0.3 is 10.2 Å². The van der Waals surface area contributed by atoms with Crippen LogP contribution in [0.3, 0.4) is 0 Å². The lowest BCUT2D eigenvalue weighted by molar-refractivity contribution is 0.137. The van der Waals surface area contributed by atoms with Gasteiger partial charge in [-0.25, -0.2) is 0 Å². The first-order valence-electron chi connectivity index (χ1n) is 7.25. The molecule has 0 saturated heterocycles. The minimum Gasteiger partial charge on any atom is -0.312 e. The third-order valence-corrected chi connectivity index (χ3v) is 4.26. The lowest BCUT2D eigenvalue weighted by Gasteiger charge is -2.40. The van der Waals surface area contributed by atoms with Crippen molar-refractivity contribution in [2.24, 2.45) is 7.05 Å². The van der Waals surface area contributed by atoms with Gasteiger partial charge in [0, 0.05) is 30.7 Å². The molecule has 1 heterocycles. The zero-order chi connectivity index (χ0) is 14.6. The van der Waals surface area contributed by atoms with E-state index >= 15 is 0 Å². The van der Waals surface area contributed by atoms with Gasteiger partial charge in [-0.3, -0.25) is 4.68 Å². The number of hydrogen-bond donors (Lipinski definition) is 1. The fourth-order valence-corrected chi connectivity index (χ4v) is 2.27. The summed E-state index contributed by atoms with van der Waals surface area (Å²) in [6.07, 6.45) is 2.00. The van der Waals surface area contributed by atoms with Crippen molar-refractivity contribution in [2.75, 3.05) is 20.6 Å². The Balaban J connectivity index is 2.92. The van der Waals surface area contributed by atoms with Crippen molar-refractivity contribution in [3.63, 3.8) is 0 Å². The summed E-state index contributed by atoms with van der Waals surface area (Å²) in [6.45, 7) is 9.88. The van der Waals surface area contributed by atoms with E-state index in [1.807, 2.05) is 11.7 Å². The average molecular weight is 266 g/mol. The van der Waals surface area contributed by atoms with Gasteiger partial charge in [0.25, 0.3) is 0 Å². The van der Waals surface area contributed by atoms with Gasteiger partial charge in [-0.1, -0.05) is 13.8 Å². The smallest absolute Gasteiger partial charge is 0.0624 e. The molecule has 1 N–H and O–H groups in total. The van der Waals surface area contributed by atoms with Gasteiger partial charge in [0.15, 0.2) is 0 Å². The van der Waals surface area contributed by atoms with Gasteiger partial charge in [0.1, 0.15) is 0 Å². The van der Waals surface area contributed by atoms with Crippen LogP contribution in [0.15, 0.2) is 6.07 Å². The monoisotopic (exact) mass is 266 g/mol. The molecule has 0 aliphatic heterocycles. The highest BCUT2D eigenvalue weighted by Gasteiger charge is 2.31. The minimum atomic E-state index is 0.104. The number of nitrogens with one attached hydrogen (secondary N) is 1. The van der Waals surface area contributed by atoms with Gasteiger partial charge >= 0.3 is 0 Å². The first-order valence-corrected chi connectivity index (χ1v) is 7.25. The molecule has 0 radical (unpaired) electrons. The minimum absolute atomic E-state index is 0.104. The molecule has 0 amide bonds. The Morgan fingerprint density at radius 1 is 1.37 bits per heavy atom. The lowest BCUT2D eigenvalue weighted by atomic mass is 9.89. The maximum absolute atomic E-state index is 4.54. The Kier molecular flexibility index (Phi) is 5.56. The van der Waals surface area contributed by atoms with E-state index in [1.165, 1.54) is 11.4 Å². The number of nitrogens with zero attached hydrogens (tertiary/aromatic N) is 3. The van der Waals surface area contributed by atoms with Crippen LogP contribution in [0.1, 0.15) is 39.1 Å². The van der Waals surface area contributed by atoms with E-state index in [1.54, 1.807) is 0 Å². The van der Waals surface area contributed by atoms with Crippen LogP contribution in [0.25, 0.3) is 0 Å². The summed E-state index contributed by atoms with van der Waals surface area (Å²) < 4.78 is 2.02. The molecule has 1 atom stereocenters. The highest BCUT2D eigenvalue weighted by atomic mass is 15.3. The van der Waals surface area contributed by atoms with Gasteiger partial charge in [-0.05, 0) is 47.0 Å². The number of likely N-dealkylation sites (N-methyl/N-ethyl adjacent to an activating group) is 2. The molecule has 4 heteroatoms. The predicted octanol–water partition coefficient (Wildman–Crippen LogP) is 1.84. The molecular weight excluding hydrogens is 236 g/mol. The van der Waals surface area contributed by atoms with Gasteiger partial charge in [0.05, 0.1) is 5.69 Å². The molecule has 4 nitrogen and oxygen atoms in total. The molecule has 0 aliphatic carbocycles. The average Bonchev–Trinajstić information content (AvgIpc) is 2.69. The molecular formula is C15H30N4. The fourth-order valence-electron chi connectivity index (χ4n) is 2.27. The van der Waals surface area contributed by atoms with Crippen LogP contribution in [0.4, 0.5) is 0 Å². The lowest BCUT2D eigenvalue weighted by Crippen LogP contribution is -2.56. The molecule has 110 valence electrons. The second-order valence-corrected chi connectivity index (χ2v) is 5.97. The Hall–Kier alpha value is -0.870. The van der Waals surface area contributed by atoms with Crippen LogP contribution >= 0.6 is 0 Å². The van der Waals surface area contributed by atoms with E-state index in [0.29, 0.717) is 6.04 Å². The van der Waals surface area contributed by atoms with Crippen molar-refractivity contribution in [1.29, 1.82) is 0 Å². The first kappa shape index (κ1) is 16.2. The Morgan fingerprint density at radius 2 is 2.00 bits per heavy atom.